The van der Waals surface area contributed by atoms with Gasteiger partial charge in [-0.3, -0.25) is 4.79 Å². The number of amides is 1. The number of likely N-dealkylation sites (tertiary alicyclic amines) is 1. The van der Waals surface area contributed by atoms with Gasteiger partial charge in [0, 0.05) is 25.2 Å². The van der Waals surface area contributed by atoms with Gasteiger partial charge in [0.2, 0.25) is 10.0 Å². The number of carbonyl (C=O) groups excluding carboxylic acids is 1. The number of sulfonamides is 1. The van der Waals surface area contributed by atoms with Crippen molar-refractivity contribution in [2.45, 2.75) is 31.2 Å². The Hall–Kier alpha value is -2.18. The first-order chi connectivity index (χ1) is 12.0. The van der Waals surface area contributed by atoms with Crippen LogP contribution in [0.2, 0.25) is 0 Å². The highest BCUT2D eigenvalue weighted by molar-refractivity contribution is 7.89. The van der Waals surface area contributed by atoms with E-state index < -0.39 is 10.0 Å². The number of hydrogen-bond acceptors (Lipinski definition) is 3. The van der Waals surface area contributed by atoms with Crippen LogP contribution >= 0.6 is 0 Å². The minimum absolute atomic E-state index is 0.0330. The lowest BCUT2D eigenvalue weighted by Gasteiger charge is -2.15. The fraction of sp³-hybridized carbons (Fsp3) is 0.316. The average molecular weight is 358 g/mol. The Morgan fingerprint density at radius 2 is 1.68 bits per heavy atom. The summed E-state index contributed by atoms with van der Waals surface area (Å²) in [7, 11) is -3.61. The Labute approximate surface area is 148 Å². The van der Waals surface area contributed by atoms with Crippen molar-refractivity contribution in [1.29, 1.82) is 0 Å². The Kier molecular flexibility index (Phi) is 5.20. The number of rotatable bonds is 5. The van der Waals surface area contributed by atoms with Crippen LogP contribution in [-0.2, 0) is 16.6 Å². The zero-order valence-electron chi connectivity index (χ0n) is 14.2. The first-order valence-corrected chi connectivity index (χ1v) is 9.89. The highest BCUT2D eigenvalue weighted by atomic mass is 32.2. The van der Waals surface area contributed by atoms with Gasteiger partial charge in [0.25, 0.3) is 5.91 Å². The quantitative estimate of drug-likeness (QED) is 0.894. The molecule has 1 saturated heterocycles. The Morgan fingerprint density at radius 3 is 2.32 bits per heavy atom. The molecule has 0 radical (unpaired) electrons. The van der Waals surface area contributed by atoms with Gasteiger partial charge in [-0.15, -0.1) is 0 Å². The molecular weight excluding hydrogens is 336 g/mol. The van der Waals surface area contributed by atoms with Gasteiger partial charge in [-0.25, -0.2) is 13.1 Å². The molecule has 1 aliphatic rings. The number of nitrogens with zero attached hydrogens (tertiary/aromatic N) is 1. The predicted molar refractivity (Wildman–Crippen MR) is 96.8 cm³/mol. The molecule has 0 spiro atoms. The van der Waals surface area contributed by atoms with E-state index in [0.29, 0.717) is 5.56 Å². The van der Waals surface area contributed by atoms with E-state index in [1.165, 1.54) is 12.1 Å². The van der Waals surface area contributed by atoms with E-state index in [4.69, 9.17) is 0 Å². The van der Waals surface area contributed by atoms with Gasteiger partial charge in [0.15, 0.2) is 0 Å². The summed E-state index contributed by atoms with van der Waals surface area (Å²) in [5, 5.41) is 0. The SMILES string of the molecule is Cc1ccccc1CNS(=O)(=O)c1ccc(C(=O)N2CCCC2)cc1. The number of benzene rings is 2. The van der Waals surface area contributed by atoms with Crippen LogP contribution in [-0.4, -0.2) is 32.3 Å². The van der Waals surface area contributed by atoms with Gasteiger partial charge < -0.3 is 4.90 Å². The van der Waals surface area contributed by atoms with Crippen LogP contribution in [0.15, 0.2) is 53.4 Å². The molecule has 5 nitrogen and oxygen atoms in total. The number of hydrogen-bond donors (Lipinski definition) is 1. The van der Waals surface area contributed by atoms with E-state index in [1.54, 1.807) is 17.0 Å². The van der Waals surface area contributed by atoms with Gasteiger partial charge in [-0.05, 0) is 55.2 Å². The molecule has 0 aliphatic carbocycles. The zero-order valence-corrected chi connectivity index (χ0v) is 15.1. The fourth-order valence-corrected chi connectivity index (χ4v) is 3.95. The van der Waals surface area contributed by atoms with Crippen LogP contribution < -0.4 is 4.72 Å². The maximum absolute atomic E-state index is 12.4. The molecule has 1 fully saturated rings. The summed E-state index contributed by atoms with van der Waals surface area (Å²) in [5.74, 6) is -0.0330. The van der Waals surface area contributed by atoms with Gasteiger partial charge in [0.1, 0.15) is 0 Å². The van der Waals surface area contributed by atoms with Gasteiger partial charge in [-0.1, -0.05) is 24.3 Å². The minimum atomic E-state index is -3.61. The average Bonchev–Trinajstić information content (AvgIpc) is 3.15. The van der Waals surface area contributed by atoms with Gasteiger partial charge in [-0.2, -0.15) is 0 Å². The molecule has 1 N–H and O–H groups in total. The largest absolute Gasteiger partial charge is 0.339 e. The van der Waals surface area contributed by atoms with Crippen LogP contribution in [0.25, 0.3) is 0 Å². The first-order valence-electron chi connectivity index (χ1n) is 8.41. The molecule has 132 valence electrons. The first kappa shape index (κ1) is 17.6. The second-order valence-corrected chi connectivity index (χ2v) is 8.04. The second-order valence-electron chi connectivity index (χ2n) is 6.27. The molecule has 1 amide bonds. The Bertz CT molecular complexity index is 854. The van der Waals surface area contributed by atoms with Crippen molar-refractivity contribution >= 4 is 15.9 Å². The van der Waals surface area contributed by atoms with Crippen LogP contribution in [0.5, 0.6) is 0 Å². The minimum Gasteiger partial charge on any atom is -0.339 e. The molecule has 25 heavy (non-hydrogen) atoms. The molecule has 0 aromatic heterocycles. The Morgan fingerprint density at radius 1 is 1.04 bits per heavy atom. The molecule has 0 bridgehead atoms. The highest BCUT2D eigenvalue weighted by Crippen LogP contribution is 2.16. The molecular formula is C19H22N2O3S. The summed E-state index contributed by atoms with van der Waals surface area (Å²) >= 11 is 0. The summed E-state index contributed by atoms with van der Waals surface area (Å²) in [5.41, 5.74) is 2.50. The van der Waals surface area contributed by atoms with E-state index in [1.807, 2.05) is 31.2 Å². The summed E-state index contributed by atoms with van der Waals surface area (Å²) in [6.45, 7) is 3.74. The lowest BCUT2D eigenvalue weighted by molar-refractivity contribution is 0.0792. The van der Waals surface area contributed by atoms with Crippen molar-refractivity contribution in [2.75, 3.05) is 13.1 Å². The van der Waals surface area contributed by atoms with E-state index in [-0.39, 0.29) is 17.3 Å². The van der Waals surface area contributed by atoms with Crippen molar-refractivity contribution < 1.29 is 13.2 Å². The zero-order chi connectivity index (χ0) is 17.9. The highest BCUT2D eigenvalue weighted by Gasteiger charge is 2.20. The predicted octanol–water partition coefficient (Wildman–Crippen LogP) is 2.71. The second kappa shape index (κ2) is 7.37. The maximum atomic E-state index is 12.4. The molecule has 1 heterocycles. The van der Waals surface area contributed by atoms with Crippen molar-refractivity contribution in [2.24, 2.45) is 0 Å². The third-order valence-electron chi connectivity index (χ3n) is 4.52. The Balaban J connectivity index is 1.70. The summed E-state index contributed by atoms with van der Waals surface area (Å²) in [6, 6.07) is 13.8. The summed E-state index contributed by atoms with van der Waals surface area (Å²) in [4.78, 5) is 14.3. The van der Waals surface area contributed by atoms with Crippen LogP contribution in [0.1, 0.15) is 34.3 Å². The third kappa shape index (κ3) is 4.08. The van der Waals surface area contributed by atoms with Gasteiger partial charge in [0.05, 0.1) is 4.90 Å². The summed E-state index contributed by atoms with van der Waals surface area (Å²) < 4.78 is 27.5. The molecule has 3 rings (SSSR count). The third-order valence-corrected chi connectivity index (χ3v) is 5.94. The monoisotopic (exact) mass is 358 g/mol. The molecule has 2 aromatic rings. The molecule has 0 saturated carbocycles. The molecule has 6 heteroatoms. The topological polar surface area (TPSA) is 66.5 Å². The van der Waals surface area contributed by atoms with Gasteiger partial charge >= 0.3 is 0 Å². The number of aryl methyl sites for hydroxylation is 1. The summed E-state index contributed by atoms with van der Waals surface area (Å²) in [6.07, 6.45) is 2.06. The van der Waals surface area contributed by atoms with Crippen LogP contribution in [0.4, 0.5) is 0 Å². The van der Waals surface area contributed by atoms with Crippen molar-refractivity contribution in [3.05, 3.63) is 65.2 Å². The molecule has 0 unspecified atom stereocenters. The van der Waals surface area contributed by atoms with E-state index in [0.717, 1.165) is 37.1 Å². The molecule has 0 atom stereocenters. The molecule has 1 aliphatic heterocycles. The fourth-order valence-electron chi connectivity index (χ4n) is 2.94. The van der Waals surface area contributed by atoms with E-state index in [2.05, 4.69) is 4.72 Å². The van der Waals surface area contributed by atoms with E-state index >= 15 is 0 Å². The normalized spacial score (nSPS) is 14.7. The lowest BCUT2D eigenvalue weighted by Crippen LogP contribution is -2.27. The smallest absolute Gasteiger partial charge is 0.253 e. The molecule has 2 aromatic carbocycles. The standard InChI is InChI=1S/C19H22N2O3S/c1-15-6-2-3-7-17(15)14-20-25(23,24)18-10-8-16(9-11-18)19(22)21-12-4-5-13-21/h2-3,6-11,20H,4-5,12-14H2,1H3. The number of nitrogens with one attached hydrogen (secondary N) is 1. The van der Waals surface area contributed by atoms with Crippen molar-refractivity contribution in [1.82, 2.24) is 9.62 Å². The maximum Gasteiger partial charge on any atom is 0.253 e. The lowest BCUT2D eigenvalue weighted by atomic mass is 10.1. The van der Waals surface area contributed by atoms with Crippen LogP contribution in [0, 0.1) is 6.92 Å². The van der Waals surface area contributed by atoms with E-state index in [9.17, 15) is 13.2 Å². The van der Waals surface area contributed by atoms with Crippen molar-refractivity contribution in [3.63, 3.8) is 0 Å². The van der Waals surface area contributed by atoms with Crippen LogP contribution in [0.3, 0.4) is 0 Å². The van der Waals surface area contributed by atoms with Crippen molar-refractivity contribution in [3.8, 4) is 0 Å². The number of carbonyl (C=O) groups is 1.